The average Bonchev–Trinajstić information content (AvgIpc) is 2.85. The maximum atomic E-state index is 12.9. The van der Waals surface area contributed by atoms with Crippen LogP contribution >= 0.6 is 0 Å². The maximum absolute atomic E-state index is 12.9. The number of methoxy groups -OCH3 is 1. The molecule has 3 aromatic rings. The van der Waals surface area contributed by atoms with Gasteiger partial charge in [0.1, 0.15) is 23.7 Å². The fraction of sp³-hybridized carbons (Fsp3) is 0.214. The maximum Gasteiger partial charge on any atom is 0.341 e. The Balaban J connectivity index is 1.57. The summed E-state index contributed by atoms with van der Waals surface area (Å²) in [6.45, 7) is 2.26. The van der Waals surface area contributed by atoms with Crippen molar-refractivity contribution < 1.29 is 23.8 Å². The van der Waals surface area contributed by atoms with Crippen molar-refractivity contribution in [3.05, 3.63) is 100 Å². The van der Waals surface area contributed by atoms with E-state index in [9.17, 15) is 9.59 Å². The highest BCUT2D eigenvalue weighted by Crippen LogP contribution is 2.29. The number of para-hydroxylation sites is 1. The number of allylic oxidation sites excluding steroid dienone is 1. The summed E-state index contributed by atoms with van der Waals surface area (Å²) >= 11 is 0. The van der Waals surface area contributed by atoms with E-state index in [0.717, 1.165) is 34.2 Å². The molecule has 4 rings (SSSR count). The van der Waals surface area contributed by atoms with Crippen LogP contribution < -0.4 is 9.47 Å². The minimum Gasteiger partial charge on any atom is -0.496 e. The minimum atomic E-state index is -0.422. The molecule has 0 unspecified atom stereocenters. The summed E-state index contributed by atoms with van der Waals surface area (Å²) < 4.78 is 16.6. The summed E-state index contributed by atoms with van der Waals surface area (Å²) in [5, 5.41) is 0. The molecule has 0 aromatic heterocycles. The van der Waals surface area contributed by atoms with Crippen LogP contribution in [0.2, 0.25) is 0 Å². The Hall–Kier alpha value is -3.86. The lowest BCUT2D eigenvalue weighted by atomic mass is 9.86. The second-order valence-corrected chi connectivity index (χ2v) is 7.73. The zero-order chi connectivity index (χ0) is 23.2. The van der Waals surface area contributed by atoms with Gasteiger partial charge < -0.3 is 14.2 Å². The molecule has 0 atom stereocenters. The van der Waals surface area contributed by atoms with Crippen molar-refractivity contribution in [2.75, 3.05) is 13.7 Å². The van der Waals surface area contributed by atoms with Crippen LogP contribution in [0.1, 0.15) is 50.8 Å². The van der Waals surface area contributed by atoms with Gasteiger partial charge >= 0.3 is 5.97 Å². The highest BCUT2D eigenvalue weighted by molar-refractivity contribution is 6.13. The molecular formula is C28H26O5. The van der Waals surface area contributed by atoms with Crippen LogP contribution in [0.3, 0.4) is 0 Å². The van der Waals surface area contributed by atoms with E-state index in [1.54, 1.807) is 32.2 Å². The first kappa shape index (κ1) is 22.3. The molecule has 0 radical (unpaired) electrons. The van der Waals surface area contributed by atoms with Crippen LogP contribution in [0.25, 0.3) is 6.08 Å². The summed E-state index contributed by atoms with van der Waals surface area (Å²) in [4.78, 5) is 25.2. The van der Waals surface area contributed by atoms with E-state index < -0.39 is 5.97 Å². The molecule has 168 valence electrons. The van der Waals surface area contributed by atoms with Crippen LogP contribution in [-0.4, -0.2) is 25.5 Å². The number of aryl methyl sites for hydroxylation is 1. The fourth-order valence-corrected chi connectivity index (χ4v) is 3.98. The van der Waals surface area contributed by atoms with Crippen molar-refractivity contribution >= 4 is 17.8 Å². The van der Waals surface area contributed by atoms with Gasteiger partial charge in [0.15, 0.2) is 5.78 Å². The number of benzene rings is 3. The first-order valence-corrected chi connectivity index (χ1v) is 11.0. The summed E-state index contributed by atoms with van der Waals surface area (Å²) in [7, 11) is 1.60. The Morgan fingerprint density at radius 3 is 2.58 bits per heavy atom. The number of carbonyl (C=O) groups is 2. The smallest absolute Gasteiger partial charge is 0.341 e. The second kappa shape index (κ2) is 10.2. The molecule has 5 heteroatoms. The number of ketones is 1. The number of carbonyl (C=O) groups excluding carboxylic acids is 2. The van der Waals surface area contributed by atoms with E-state index in [1.165, 1.54) is 0 Å². The first-order valence-electron chi connectivity index (χ1n) is 11.0. The van der Waals surface area contributed by atoms with Gasteiger partial charge in [0.05, 0.1) is 13.7 Å². The lowest BCUT2D eigenvalue weighted by Gasteiger charge is -2.17. The van der Waals surface area contributed by atoms with E-state index in [2.05, 4.69) is 0 Å². The standard InChI is InChI=1S/C28H26O5/c1-3-32-28(30)24-10-6-7-11-26(24)33-18-22-17-19(12-15-25(22)31-2)16-21-14-13-20-8-4-5-9-23(20)27(21)29/h4-12,15-17H,3,13-14,18H2,1-2H3. The van der Waals surface area contributed by atoms with Gasteiger partial charge in [-0.2, -0.15) is 0 Å². The quantitative estimate of drug-likeness (QED) is 0.349. The van der Waals surface area contributed by atoms with Gasteiger partial charge in [-0.05, 0) is 61.2 Å². The Bertz CT molecular complexity index is 1210. The van der Waals surface area contributed by atoms with Gasteiger partial charge in [0, 0.05) is 16.7 Å². The van der Waals surface area contributed by atoms with Gasteiger partial charge in [-0.3, -0.25) is 4.79 Å². The summed E-state index contributed by atoms with van der Waals surface area (Å²) in [5.74, 6) is 0.774. The number of esters is 1. The Morgan fingerprint density at radius 2 is 1.76 bits per heavy atom. The van der Waals surface area contributed by atoms with Gasteiger partial charge in [0.2, 0.25) is 0 Å². The number of Topliss-reactive ketones (excluding diaryl/α,β-unsaturated/α-hetero) is 1. The number of fused-ring (bicyclic) bond motifs is 1. The summed E-state index contributed by atoms with van der Waals surface area (Å²) in [6.07, 6.45) is 3.50. The van der Waals surface area contributed by atoms with E-state index in [0.29, 0.717) is 30.1 Å². The molecule has 3 aromatic carbocycles. The summed E-state index contributed by atoms with van der Waals surface area (Å²) in [5.41, 5.74) is 4.76. The second-order valence-electron chi connectivity index (χ2n) is 7.73. The number of ether oxygens (including phenoxy) is 3. The van der Waals surface area contributed by atoms with Crippen LogP contribution in [0, 0.1) is 0 Å². The van der Waals surface area contributed by atoms with Gasteiger partial charge in [-0.25, -0.2) is 4.79 Å². The van der Waals surface area contributed by atoms with Gasteiger partial charge in [-0.15, -0.1) is 0 Å². The Morgan fingerprint density at radius 1 is 0.970 bits per heavy atom. The summed E-state index contributed by atoms with van der Waals surface area (Å²) in [6, 6.07) is 20.5. The third-order valence-electron chi connectivity index (χ3n) is 5.63. The van der Waals surface area contributed by atoms with Crippen LogP contribution in [0.4, 0.5) is 0 Å². The lowest BCUT2D eigenvalue weighted by Crippen LogP contribution is -2.13. The third kappa shape index (κ3) is 4.98. The van der Waals surface area contributed by atoms with Crippen molar-refractivity contribution in [2.45, 2.75) is 26.4 Å². The van der Waals surface area contributed by atoms with Gasteiger partial charge in [-0.1, -0.05) is 42.5 Å². The molecule has 0 heterocycles. The molecule has 1 aliphatic carbocycles. The Kier molecular flexibility index (Phi) is 6.89. The third-order valence-corrected chi connectivity index (χ3v) is 5.63. The largest absolute Gasteiger partial charge is 0.496 e. The Labute approximate surface area is 193 Å². The molecular weight excluding hydrogens is 416 g/mol. The van der Waals surface area contributed by atoms with E-state index in [-0.39, 0.29) is 12.4 Å². The lowest BCUT2D eigenvalue weighted by molar-refractivity contribution is 0.0521. The SMILES string of the molecule is CCOC(=O)c1ccccc1OCc1cc(C=C2CCc3ccccc3C2=O)ccc1OC. The molecule has 0 spiro atoms. The molecule has 5 nitrogen and oxygen atoms in total. The van der Waals surface area contributed by atoms with Crippen LogP contribution in [0.15, 0.2) is 72.3 Å². The van der Waals surface area contributed by atoms with Crippen LogP contribution in [-0.2, 0) is 17.8 Å². The molecule has 0 amide bonds. The first-order chi connectivity index (χ1) is 16.1. The number of rotatable bonds is 7. The zero-order valence-electron chi connectivity index (χ0n) is 18.8. The fourth-order valence-electron chi connectivity index (χ4n) is 3.98. The molecule has 0 aliphatic heterocycles. The van der Waals surface area contributed by atoms with Crippen molar-refractivity contribution in [2.24, 2.45) is 0 Å². The van der Waals surface area contributed by atoms with Gasteiger partial charge in [0.25, 0.3) is 0 Å². The molecule has 0 bridgehead atoms. The number of hydrogen-bond acceptors (Lipinski definition) is 5. The van der Waals surface area contributed by atoms with Crippen molar-refractivity contribution in [1.29, 1.82) is 0 Å². The van der Waals surface area contributed by atoms with Crippen molar-refractivity contribution in [3.8, 4) is 11.5 Å². The molecule has 0 saturated carbocycles. The average molecular weight is 443 g/mol. The molecule has 33 heavy (non-hydrogen) atoms. The molecule has 0 fully saturated rings. The van der Waals surface area contributed by atoms with E-state index >= 15 is 0 Å². The highest BCUT2D eigenvalue weighted by atomic mass is 16.5. The normalized spacial score (nSPS) is 14.0. The molecule has 0 saturated heterocycles. The van der Waals surface area contributed by atoms with Crippen molar-refractivity contribution in [1.82, 2.24) is 0 Å². The number of hydrogen-bond donors (Lipinski definition) is 0. The van der Waals surface area contributed by atoms with E-state index in [4.69, 9.17) is 14.2 Å². The molecule has 0 N–H and O–H groups in total. The minimum absolute atomic E-state index is 0.0776. The predicted octanol–water partition coefficient (Wildman–Crippen LogP) is 5.66. The topological polar surface area (TPSA) is 61.8 Å². The highest BCUT2D eigenvalue weighted by Gasteiger charge is 2.21. The monoisotopic (exact) mass is 442 g/mol. The molecule has 1 aliphatic rings. The zero-order valence-corrected chi connectivity index (χ0v) is 18.8. The predicted molar refractivity (Wildman–Crippen MR) is 127 cm³/mol. The van der Waals surface area contributed by atoms with Crippen LogP contribution in [0.5, 0.6) is 11.5 Å². The van der Waals surface area contributed by atoms with Crippen molar-refractivity contribution in [3.63, 3.8) is 0 Å². The van der Waals surface area contributed by atoms with E-state index in [1.807, 2.05) is 54.6 Å².